The van der Waals surface area contributed by atoms with Gasteiger partial charge in [0.2, 0.25) is 0 Å². The summed E-state index contributed by atoms with van der Waals surface area (Å²) in [5.41, 5.74) is 6.28. The Balaban J connectivity index is 4.99. The van der Waals surface area contributed by atoms with Gasteiger partial charge in [-0.15, -0.1) is 0 Å². The lowest BCUT2D eigenvalue weighted by atomic mass is 9.90. The maximum atomic E-state index is 4.24. The zero-order valence-electron chi connectivity index (χ0n) is 12.3. The summed E-state index contributed by atoms with van der Waals surface area (Å²) in [7, 11) is 0. The van der Waals surface area contributed by atoms with Gasteiger partial charge in [-0.25, -0.2) is 0 Å². The highest BCUT2D eigenvalue weighted by Gasteiger charge is 2.08. The molecule has 0 atom stereocenters. The summed E-state index contributed by atoms with van der Waals surface area (Å²) in [5, 5.41) is 0. The van der Waals surface area contributed by atoms with E-state index in [4.69, 9.17) is 0 Å². The lowest BCUT2D eigenvalue weighted by molar-refractivity contribution is 0.717. The van der Waals surface area contributed by atoms with Gasteiger partial charge in [-0.2, -0.15) is 0 Å². The van der Waals surface area contributed by atoms with Crippen molar-refractivity contribution in [2.24, 2.45) is 0 Å². The monoisotopic (exact) mass is 232 g/mol. The first-order valence-electron chi connectivity index (χ1n) is 6.63. The van der Waals surface area contributed by atoms with E-state index in [1.54, 1.807) is 0 Å². The summed E-state index contributed by atoms with van der Waals surface area (Å²) < 4.78 is 0. The second kappa shape index (κ2) is 8.11. The molecule has 0 aromatic heterocycles. The Kier molecular flexibility index (Phi) is 7.61. The molecule has 0 aromatic rings. The molecular formula is C17H28. The summed E-state index contributed by atoms with van der Waals surface area (Å²) >= 11 is 0. The van der Waals surface area contributed by atoms with E-state index in [1.165, 1.54) is 41.6 Å². The number of hydrogen-bond acceptors (Lipinski definition) is 0. The third kappa shape index (κ3) is 5.21. The van der Waals surface area contributed by atoms with Crippen molar-refractivity contribution in [2.75, 3.05) is 0 Å². The van der Waals surface area contributed by atoms with Crippen molar-refractivity contribution >= 4 is 0 Å². The third-order valence-electron chi connectivity index (χ3n) is 3.26. The van der Waals surface area contributed by atoms with E-state index in [1.807, 2.05) is 0 Å². The minimum Gasteiger partial charge on any atom is -0.0955 e. The van der Waals surface area contributed by atoms with Crippen molar-refractivity contribution < 1.29 is 0 Å². The van der Waals surface area contributed by atoms with E-state index in [9.17, 15) is 0 Å². The van der Waals surface area contributed by atoms with Crippen LogP contribution in [0.15, 0.2) is 47.1 Å². The molecule has 0 N–H and O–H groups in total. The Labute approximate surface area is 108 Å². The topological polar surface area (TPSA) is 0 Å². The molecule has 0 saturated heterocycles. The molecule has 0 aliphatic heterocycles. The summed E-state index contributed by atoms with van der Waals surface area (Å²) in [6.07, 6.45) is 7.01. The van der Waals surface area contributed by atoms with Crippen LogP contribution in [-0.4, -0.2) is 0 Å². The Bertz CT molecular complexity index is 337. The average Bonchev–Trinajstić information content (AvgIpc) is 2.27. The number of rotatable bonds is 7. The van der Waals surface area contributed by atoms with Crippen molar-refractivity contribution in [1.82, 2.24) is 0 Å². The molecule has 0 aromatic carbocycles. The van der Waals surface area contributed by atoms with Crippen LogP contribution in [0.2, 0.25) is 0 Å². The van der Waals surface area contributed by atoms with Gasteiger partial charge in [0.25, 0.3) is 0 Å². The molecule has 0 unspecified atom stereocenters. The molecule has 0 amide bonds. The fourth-order valence-corrected chi connectivity index (χ4v) is 2.01. The third-order valence-corrected chi connectivity index (χ3v) is 3.26. The van der Waals surface area contributed by atoms with E-state index in [0.29, 0.717) is 0 Å². The number of allylic oxidation sites excluding steroid dienone is 6. The molecule has 0 bridgehead atoms. The lowest BCUT2D eigenvalue weighted by Crippen LogP contribution is -1.96. The second-order valence-electron chi connectivity index (χ2n) is 4.81. The molecule has 0 rings (SSSR count). The predicted octanol–water partition coefficient (Wildman–Crippen LogP) is 5.98. The first-order valence-corrected chi connectivity index (χ1v) is 6.63. The van der Waals surface area contributed by atoms with Gasteiger partial charge in [0, 0.05) is 0 Å². The fraction of sp³-hybridized carbons (Fsp3) is 0.529. The van der Waals surface area contributed by atoms with Gasteiger partial charge in [-0.1, -0.05) is 50.1 Å². The van der Waals surface area contributed by atoms with Gasteiger partial charge in [0.05, 0.1) is 0 Å². The molecule has 0 fully saturated rings. The summed E-state index contributed by atoms with van der Waals surface area (Å²) in [6, 6.07) is 0. The highest BCUT2D eigenvalue weighted by molar-refractivity contribution is 5.51. The van der Waals surface area contributed by atoms with Crippen LogP contribution in [0.5, 0.6) is 0 Å². The van der Waals surface area contributed by atoms with Crippen LogP contribution in [0, 0.1) is 0 Å². The molecule has 0 heteroatoms. The maximum absolute atomic E-state index is 4.24. The molecule has 0 aliphatic rings. The normalized spacial score (nSPS) is 13.4. The maximum Gasteiger partial charge on any atom is -0.0175 e. The van der Waals surface area contributed by atoms with E-state index in [0.717, 1.165) is 12.0 Å². The van der Waals surface area contributed by atoms with Gasteiger partial charge in [0.1, 0.15) is 0 Å². The van der Waals surface area contributed by atoms with E-state index < -0.39 is 0 Å². The summed E-state index contributed by atoms with van der Waals surface area (Å²) in [4.78, 5) is 0. The van der Waals surface area contributed by atoms with Crippen LogP contribution in [0.3, 0.4) is 0 Å². The van der Waals surface area contributed by atoms with Crippen LogP contribution in [0.1, 0.15) is 60.3 Å². The standard InChI is InChI=1S/C17H28/c1-8-10-11-12-15(6)17(13(3)4)16(7)14(5)9-2/h9H,3,6,8,10-12H2,1-2,4-5,7H3/b14-9+,17-16+. The van der Waals surface area contributed by atoms with E-state index in [-0.39, 0.29) is 0 Å². The van der Waals surface area contributed by atoms with Crippen molar-refractivity contribution in [3.8, 4) is 0 Å². The van der Waals surface area contributed by atoms with Gasteiger partial charge in [0.15, 0.2) is 0 Å². The Morgan fingerprint density at radius 3 is 2.06 bits per heavy atom. The van der Waals surface area contributed by atoms with Crippen LogP contribution < -0.4 is 0 Å². The zero-order valence-corrected chi connectivity index (χ0v) is 12.3. The number of hydrogen-bond donors (Lipinski definition) is 0. The van der Waals surface area contributed by atoms with E-state index in [2.05, 4.69) is 53.9 Å². The Morgan fingerprint density at radius 1 is 1.06 bits per heavy atom. The van der Waals surface area contributed by atoms with E-state index >= 15 is 0 Å². The van der Waals surface area contributed by atoms with Crippen LogP contribution in [-0.2, 0) is 0 Å². The van der Waals surface area contributed by atoms with Gasteiger partial charge >= 0.3 is 0 Å². The zero-order chi connectivity index (χ0) is 13.4. The quantitative estimate of drug-likeness (QED) is 0.374. The average molecular weight is 232 g/mol. The van der Waals surface area contributed by atoms with Gasteiger partial charge in [-0.3, -0.25) is 0 Å². The molecule has 0 nitrogen and oxygen atoms in total. The smallest absolute Gasteiger partial charge is 0.0175 e. The molecule has 0 saturated carbocycles. The summed E-state index contributed by atoms with van der Waals surface area (Å²) in [5.74, 6) is 0. The van der Waals surface area contributed by atoms with Crippen LogP contribution >= 0.6 is 0 Å². The lowest BCUT2D eigenvalue weighted by Gasteiger charge is -2.16. The molecule has 17 heavy (non-hydrogen) atoms. The fourth-order valence-electron chi connectivity index (χ4n) is 2.01. The van der Waals surface area contributed by atoms with Crippen molar-refractivity contribution in [2.45, 2.75) is 60.3 Å². The summed E-state index contributed by atoms with van der Waals surface area (Å²) in [6.45, 7) is 19.0. The highest BCUT2D eigenvalue weighted by atomic mass is 14.1. The van der Waals surface area contributed by atoms with Gasteiger partial charge < -0.3 is 0 Å². The first-order chi connectivity index (χ1) is 7.95. The molecule has 0 spiro atoms. The van der Waals surface area contributed by atoms with Crippen molar-refractivity contribution in [3.05, 3.63) is 47.1 Å². The minimum atomic E-state index is 1.09. The molecule has 96 valence electrons. The molecule has 0 heterocycles. The molecular weight excluding hydrogens is 204 g/mol. The highest BCUT2D eigenvalue weighted by Crippen LogP contribution is 2.28. The largest absolute Gasteiger partial charge is 0.0955 e. The Hall–Kier alpha value is -1.04. The van der Waals surface area contributed by atoms with Crippen LogP contribution in [0.4, 0.5) is 0 Å². The second-order valence-corrected chi connectivity index (χ2v) is 4.81. The Morgan fingerprint density at radius 2 is 1.65 bits per heavy atom. The molecule has 0 radical (unpaired) electrons. The predicted molar refractivity (Wildman–Crippen MR) is 80.2 cm³/mol. The molecule has 0 aliphatic carbocycles. The van der Waals surface area contributed by atoms with Gasteiger partial charge in [-0.05, 0) is 57.3 Å². The number of unbranched alkanes of at least 4 members (excludes halogenated alkanes) is 2. The van der Waals surface area contributed by atoms with Crippen LogP contribution in [0.25, 0.3) is 0 Å². The first kappa shape index (κ1) is 16.0. The SMILES string of the molecule is C=C(C)/C(C(=C)CCCCC)=C(C)\C(C)=C\C. The van der Waals surface area contributed by atoms with Crippen molar-refractivity contribution in [1.29, 1.82) is 0 Å². The minimum absolute atomic E-state index is 1.09. The van der Waals surface area contributed by atoms with Crippen molar-refractivity contribution in [3.63, 3.8) is 0 Å².